The van der Waals surface area contributed by atoms with Gasteiger partial charge in [0.2, 0.25) is 0 Å². The van der Waals surface area contributed by atoms with E-state index < -0.39 is 29.4 Å². The molecule has 218 valence electrons. The average Bonchev–Trinajstić information content (AvgIpc) is 2.95. The summed E-state index contributed by atoms with van der Waals surface area (Å²) in [5, 5.41) is 51.4. The van der Waals surface area contributed by atoms with Crippen LogP contribution in [-0.4, -0.2) is 78.7 Å². The van der Waals surface area contributed by atoms with Crippen molar-refractivity contribution in [3.05, 3.63) is 58.1 Å². The molecule has 1 amide bonds. The number of carboxylic acid groups (broad SMARTS) is 1. The van der Waals surface area contributed by atoms with E-state index in [0.29, 0.717) is 54.8 Å². The van der Waals surface area contributed by atoms with Crippen LogP contribution < -0.4 is 21.3 Å². The molecule has 2 aliphatic rings. The molecule has 41 heavy (non-hydrogen) atoms. The number of anilines is 1. The first kappa shape index (κ1) is 30.1. The van der Waals surface area contributed by atoms with Crippen LogP contribution in [0.2, 0.25) is 5.02 Å². The van der Waals surface area contributed by atoms with Crippen molar-refractivity contribution in [3.63, 3.8) is 0 Å². The summed E-state index contributed by atoms with van der Waals surface area (Å²) in [6, 6.07) is 11.4. The molecule has 7 N–H and O–H groups in total. The molecule has 2 unspecified atom stereocenters. The summed E-state index contributed by atoms with van der Waals surface area (Å²) in [4.78, 5) is 28.6. The fourth-order valence-corrected chi connectivity index (χ4v) is 5.09. The van der Waals surface area contributed by atoms with E-state index in [2.05, 4.69) is 32.3 Å². The molecule has 2 atom stereocenters. The van der Waals surface area contributed by atoms with E-state index in [-0.39, 0.29) is 37.4 Å². The van der Waals surface area contributed by atoms with Crippen molar-refractivity contribution in [2.45, 2.75) is 36.8 Å². The average molecular weight is 585 g/mol. The largest absolute Gasteiger partial charge is 0.508 e. The second kappa shape index (κ2) is 13.6. The first-order valence-corrected chi connectivity index (χ1v) is 13.7. The van der Waals surface area contributed by atoms with Crippen LogP contribution in [0.3, 0.4) is 0 Å². The van der Waals surface area contributed by atoms with E-state index in [9.17, 15) is 30.2 Å². The van der Waals surface area contributed by atoms with Crippen LogP contribution >= 0.6 is 11.6 Å². The van der Waals surface area contributed by atoms with E-state index in [4.69, 9.17) is 16.3 Å². The highest BCUT2D eigenvalue weighted by Crippen LogP contribution is 2.37. The number of rotatable bonds is 10. The lowest BCUT2D eigenvalue weighted by Crippen LogP contribution is -2.42. The van der Waals surface area contributed by atoms with Gasteiger partial charge >= 0.3 is 5.97 Å². The fourth-order valence-electron chi connectivity index (χ4n) is 4.85. The van der Waals surface area contributed by atoms with Crippen molar-refractivity contribution in [2.24, 2.45) is 4.99 Å². The maximum Gasteiger partial charge on any atom is 0.305 e. The zero-order chi connectivity index (χ0) is 29.4. The molecule has 0 aromatic heterocycles. The van der Waals surface area contributed by atoms with Crippen molar-refractivity contribution in [1.82, 2.24) is 16.0 Å². The Kier molecular flexibility index (Phi) is 10.0. The number of phenols is 1. The van der Waals surface area contributed by atoms with Crippen LogP contribution in [0.5, 0.6) is 5.75 Å². The molecule has 2 aromatic rings. The molecular weight excluding hydrogens is 552 g/mol. The number of carbonyl (C=O) groups is 2. The standard InChI is InChI=1S/C28H33ClN6O6/c29-20-8-17(7-19(11-20)28(16-30)1-5-41-6-2-28)24(13-25(38)39)31-3-4-32-26(40)18-9-21(12-22(36)10-18)35-27-33-14-23(37)15-34-27/h7-12,23-24,31,36-37H,1-6,13-15H2,(H,32,40)(H,38,39)(H2,33,34,35). The zero-order valence-electron chi connectivity index (χ0n) is 22.3. The molecule has 0 spiro atoms. The minimum atomic E-state index is -1.01. The topological polar surface area (TPSA) is 188 Å². The number of carboxylic acids is 1. The van der Waals surface area contributed by atoms with Gasteiger partial charge in [0, 0.05) is 61.2 Å². The second-order valence-corrected chi connectivity index (χ2v) is 10.5. The number of aliphatic carboxylic acids is 1. The molecule has 0 bridgehead atoms. The van der Waals surface area contributed by atoms with Gasteiger partial charge in [-0.2, -0.15) is 5.26 Å². The number of benzene rings is 2. The number of nitriles is 1. The van der Waals surface area contributed by atoms with Crippen LogP contribution in [0.15, 0.2) is 41.4 Å². The van der Waals surface area contributed by atoms with Crippen molar-refractivity contribution in [1.29, 1.82) is 5.26 Å². The lowest BCUT2D eigenvalue weighted by Gasteiger charge is -2.32. The van der Waals surface area contributed by atoms with Gasteiger partial charge in [-0.15, -0.1) is 0 Å². The number of hydrogen-bond acceptors (Lipinski definition) is 10. The van der Waals surface area contributed by atoms with Crippen LogP contribution in [-0.2, 0) is 14.9 Å². The van der Waals surface area contributed by atoms with Gasteiger partial charge in [0.15, 0.2) is 5.96 Å². The number of carbonyl (C=O) groups excluding carboxylic acids is 1. The Morgan fingerprint density at radius 1 is 1.20 bits per heavy atom. The molecule has 2 aromatic carbocycles. The highest BCUT2D eigenvalue weighted by atomic mass is 35.5. The maximum atomic E-state index is 12.8. The third kappa shape index (κ3) is 8.08. The number of halogens is 1. The number of aromatic hydroxyl groups is 1. The smallest absolute Gasteiger partial charge is 0.305 e. The van der Waals surface area contributed by atoms with E-state index >= 15 is 0 Å². The normalized spacial score (nSPS) is 18.8. The van der Waals surface area contributed by atoms with E-state index in [1.807, 2.05) is 6.07 Å². The summed E-state index contributed by atoms with van der Waals surface area (Å²) >= 11 is 6.41. The summed E-state index contributed by atoms with van der Waals surface area (Å²) in [6.45, 7) is 1.90. The summed E-state index contributed by atoms with van der Waals surface area (Å²) in [6.07, 6.45) is 0.239. The van der Waals surface area contributed by atoms with Gasteiger partial charge in [0.05, 0.1) is 30.6 Å². The van der Waals surface area contributed by atoms with Gasteiger partial charge in [-0.1, -0.05) is 17.7 Å². The van der Waals surface area contributed by atoms with Gasteiger partial charge in [-0.25, -0.2) is 0 Å². The molecule has 0 radical (unpaired) electrons. The summed E-state index contributed by atoms with van der Waals surface area (Å²) in [5.74, 6) is -1.15. The van der Waals surface area contributed by atoms with Crippen molar-refractivity contribution in [2.75, 3.05) is 44.7 Å². The number of β-amino-alcohol motifs (C(OH)–C–C–N with tert-alkyl or cyclic N) is 1. The Morgan fingerprint density at radius 2 is 1.98 bits per heavy atom. The van der Waals surface area contributed by atoms with Crippen molar-refractivity contribution < 1.29 is 29.6 Å². The summed E-state index contributed by atoms with van der Waals surface area (Å²) in [5.41, 5.74) is 1.26. The summed E-state index contributed by atoms with van der Waals surface area (Å²) in [7, 11) is 0. The monoisotopic (exact) mass is 584 g/mol. The minimum absolute atomic E-state index is 0.118. The molecule has 2 heterocycles. The highest BCUT2D eigenvalue weighted by Gasteiger charge is 2.35. The Labute approximate surface area is 242 Å². The third-order valence-electron chi connectivity index (χ3n) is 7.02. The third-order valence-corrected chi connectivity index (χ3v) is 7.24. The van der Waals surface area contributed by atoms with Crippen LogP contribution in [0, 0.1) is 11.3 Å². The molecule has 1 saturated heterocycles. The molecule has 0 saturated carbocycles. The number of aliphatic hydroxyl groups is 1. The van der Waals surface area contributed by atoms with E-state index in [1.54, 1.807) is 18.2 Å². The minimum Gasteiger partial charge on any atom is -0.508 e. The Balaban J connectivity index is 1.39. The van der Waals surface area contributed by atoms with Crippen LogP contribution in [0.1, 0.15) is 46.8 Å². The number of nitrogens with zero attached hydrogens (tertiary/aromatic N) is 2. The number of phenolic OH excluding ortho intramolecular Hbond substituents is 1. The number of aliphatic hydroxyl groups excluding tert-OH is 1. The Hall–Kier alpha value is -3.89. The van der Waals surface area contributed by atoms with Crippen LogP contribution in [0.4, 0.5) is 5.69 Å². The van der Waals surface area contributed by atoms with Gasteiger partial charge in [0.25, 0.3) is 5.91 Å². The molecule has 2 aliphatic heterocycles. The fraction of sp³-hybridized carbons (Fsp3) is 0.429. The molecule has 1 fully saturated rings. The molecule has 4 rings (SSSR count). The zero-order valence-corrected chi connectivity index (χ0v) is 23.1. The van der Waals surface area contributed by atoms with Gasteiger partial charge < -0.3 is 41.3 Å². The number of nitrogens with one attached hydrogen (secondary N) is 4. The molecular formula is C28H33ClN6O6. The first-order valence-electron chi connectivity index (χ1n) is 13.3. The maximum absolute atomic E-state index is 12.8. The summed E-state index contributed by atoms with van der Waals surface area (Å²) < 4.78 is 5.43. The van der Waals surface area contributed by atoms with Crippen molar-refractivity contribution >= 4 is 35.1 Å². The number of hydrogen-bond donors (Lipinski definition) is 7. The van der Waals surface area contributed by atoms with E-state index in [0.717, 1.165) is 5.56 Å². The van der Waals surface area contributed by atoms with Gasteiger partial charge in [-0.3, -0.25) is 14.6 Å². The number of amides is 1. The van der Waals surface area contributed by atoms with E-state index in [1.165, 1.54) is 12.1 Å². The highest BCUT2D eigenvalue weighted by molar-refractivity contribution is 6.30. The Bertz CT molecular complexity index is 1340. The van der Waals surface area contributed by atoms with Crippen LogP contribution in [0.25, 0.3) is 0 Å². The molecule has 12 nitrogen and oxygen atoms in total. The molecule has 0 aliphatic carbocycles. The lowest BCUT2D eigenvalue weighted by atomic mass is 9.75. The predicted molar refractivity (Wildman–Crippen MR) is 152 cm³/mol. The predicted octanol–water partition coefficient (Wildman–Crippen LogP) is 1.88. The first-order chi connectivity index (χ1) is 19.7. The number of ether oxygens (including phenoxy) is 1. The number of aliphatic imine (C=N–C) groups is 1. The SMILES string of the molecule is N#CC1(c2cc(Cl)cc(C(CC(=O)O)NCCNC(=O)c3cc(O)cc(NC4=NCC(O)CN4)c3)c2)CCOCC1. The lowest BCUT2D eigenvalue weighted by molar-refractivity contribution is -0.137. The van der Waals surface area contributed by atoms with Gasteiger partial charge in [-0.05, 0) is 48.2 Å². The second-order valence-electron chi connectivity index (χ2n) is 10.1. The Morgan fingerprint density at radius 3 is 2.66 bits per heavy atom. The molecule has 13 heteroatoms. The quantitative estimate of drug-likeness (QED) is 0.203. The van der Waals surface area contributed by atoms with Crippen molar-refractivity contribution in [3.8, 4) is 11.8 Å². The number of guanidine groups is 1. The van der Waals surface area contributed by atoms with Gasteiger partial charge in [0.1, 0.15) is 5.75 Å².